The molecule has 0 bridgehead atoms. The number of ketones is 1. The molecule has 0 aliphatic heterocycles. The molecular formula is C19H42N2O5. The summed E-state index contributed by atoms with van der Waals surface area (Å²) in [7, 11) is 0. The summed E-state index contributed by atoms with van der Waals surface area (Å²) in [5.74, 6) is 0.203. The number of hydrogen-bond acceptors (Lipinski definition) is 5. The van der Waals surface area contributed by atoms with Crippen molar-refractivity contribution < 1.29 is 26.7 Å². The highest BCUT2D eigenvalue weighted by Crippen LogP contribution is 2.27. The van der Waals surface area contributed by atoms with Gasteiger partial charge in [0.2, 0.25) is 11.8 Å². The van der Waals surface area contributed by atoms with Crippen molar-refractivity contribution in [1.82, 2.24) is 10.6 Å². The predicted molar refractivity (Wildman–Crippen MR) is 107 cm³/mol. The third-order valence-corrected chi connectivity index (χ3v) is 3.54. The molecule has 26 heavy (non-hydrogen) atoms. The minimum absolute atomic E-state index is 0. The molecule has 0 aromatic carbocycles. The monoisotopic (exact) mass is 378 g/mol. The first-order valence-corrected chi connectivity index (χ1v) is 9.68. The molecule has 0 heterocycles. The number of ether oxygens (including phenoxy) is 2. The van der Waals surface area contributed by atoms with Gasteiger partial charge in [-0.2, -0.15) is 0 Å². The average Bonchev–Trinajstić information content (AvgIpc) is 2.59. The SMILES string of the molecule is CC.CC.CC(=O)NCCOCCOCCC(=O)NC1CC(C(C)=O)C1.[HH].[HH]. The molecule has 1 aliphatic carbocycles. The Balaban J connectivity index is -0.000000449. The first-order valence-electron chi connectivity index (χ1n) is 9.68. The van der Waals surface area contributed by atoms with Gasteiger partial charge in [0, 0.05) is 34.7 Å². The number of rotatable bonds is 11. The molecule has 1 fully saturated rings. The summed E-state index contributed by atoms with van der Waals surface area (Å²) in [6, 6.07) is 0.138. The highest BCUT2D eigenvalue weighted by atomic mass is 16.5. The second-order valence-corrected chi connectivity index (χ2v) is 5.50. The van der Waals surface area contributed by atoms with E-state index in [1.165, 1.54) is 6.92 Å². The average molecular weight is 379 g/mol. The molecule has 1 rings (SSSR count). The highest BCUT2D eigenvalue weighted by Gasteiger charge is 2.32. The van der Waals surface area contributed by atoms with E-state index in [9.17, 15) is 14.4 Å². The van der Waals surface area contributed by atoms with Crippen LogP contribution in [0.25, 0.3) is 0 Å². The van der Waals surface area contributed by atoms with Crippen molar-refractivity contribution in [3.63, 3.8) is 0 Å². The number of Topliss-reactive ketones (excluding diaryl/α,β-unsaturated/α-hetero) is 1. The zero-order valence-corrected chi connectivity index (χ0v) is 17.4. The van der Waals surface area contributed by atoms with E-state index in [4.69, 9.17) is 9.47 Å². The van der Waals surface area contributed by atoms with Crippen LogP contribution in [0, 0.1) is 5.92 Å². The zero-order chi connectivity index (χ0) is 20.4. The standard InChI is InChI=1S/C15H26N2O5.2C2H6.2H2/c1-11(18)13-9-14(10-13)17-15(20)3-5-21-7-8-22-6-4-16-12(2)19;2*1-2;;/h13-14H,3-10H2,1-2H3,(H,16,19)(H,17,20);2*1-2H3;2*1H. The molecule has 1 aliphatic rings. The second-order valence-electron chi connectivity index (χ2n) is 5.50. The van der Waals surface area contributed by atoms with Gasteiger partial charge in [-0.3, -0.25) is 14.4 Å². The van der Waals surface area contributed by atoms with Crippen LogP contribution in [0.1, 0.15) is 63.7 Å². The fraction of sp³-hybridized carbons (Fsp3) is 0.842. The third-order valence-electron chi connectivity index (χ3n) is 3.54. The van der Waals surface area contributed by atoms with E-state index >= 15 is 0 Å². The topological polar surface area (TPSA) is 93.7 Å². The zero-order valence-electron chi connectivity index (χ0n) is 17.4. The van der Waals surface area contributed by atoms with Crippen LogP contribution in [-0.4, -0.2) is 56.6 Å². The Morgan fingerprint density at radius 2 is 1.46 bits per heavy atom. The molecule has 0 unspecified atom stereocenters. The van der Waals surface area contributed by atoms with Crippen molar-refractivity contribution in [3.8, 4) is 0 Å². The molecule has 0 aromatic heterocycles. The molecule has 7 heteroatoms. The number of carbonyl (C=O) groups excluding carboxylic acids is 3. The molecule has 0 aromatic rings. The van der Waals surface area contributed by atoms with Gasteiger partial charge in [-0.25, -0.2) is 0 Å². The number of hydrogen-bond donors (Lipinski definition) is 2. The summed E-state index contributed by atoms with van der Waals surface area (Å²) < 4.78 is 10.5. The van der Waals surface area contributed by atoms with Gasteiger partial charge in [-0.15, -0.1) is 0 Å². The number of nitrogens with one attached hydrogen (secondary N) is 2. The van der Waals surface area contributed by atoms with Crippen LogP contribution in [0.5, 0.6) is 0 Å². The maximum absolute atomic E-state index is 11.6. The van der Waals surface area contributed by atoms with E-state index in [2.05, 4.69) is 10.6 Å². The summed E-state index contributed by atoms with van der Waals surface area (Å²) in [6.07, 6.45) is 1.82. The first-order chi connectivity index (χ1) is 12.5. The molecule has 1 saturated carbocycles. The van der Waals surface area contributed by atoms with Gasteiger partial charge in [-0.05, 0) is 19.8 Å². The fourth-order valence-corrected chi connectivity index (χ4v) is 2.15. The van der Waals surface area contributed by atoms with Crippen molar-refractivity contribution in [2.75, 3.05) is 33.0 Å². The van der Waals surface area contributed by atoms with E-state index in [1.807, 2.05) is 27.7 Å². The van der Waals surface area contributed by atoms with Gasteiger partial charge in [0.25, 0.3) is 0 Å². The maximum Gasteiger partial charge on any atom is 0.222 e. The first kappa shape index (κ1) is 26.8. The number of amides is 2. The quantitative estimate of drug-likeness (QED) is 0.539. The van der Waals surface area contributed by atoms with Gasteiger partial charge in [-0.1, -0.05) is 27.7 Å². The molecule has 0 saturated heterocycles. The Morgan fingerprint density at radius 1 is 0.923 bits per heavy atom. The Morgan fingerprint density at radius 3 is 1.96 bits per heavy atom. The lowest BCUT2D eigenvalue weighted by molar-refractivity contribution is -0.128. The van der Waals surface area contributed by atoms with Gasteiger partial charge < -0.3 is 20.1 Å². The van der Waals surface area contributed by atoms with E-state index in [0.717, 1.165) is 12.8 Å². The van der Waals surface area contributed by atoms with E-state index < -0.39 is 0 Å². The van der Waals surface area contributed by atoms with Gasteiger partial charge in [0.15, 0.2) is 0 Å². The summed E-state index contributed by atoms with van der Waals surface area (Å²) in [5.41, 5.74) is 0. The van der Waals surface area contributed by atoms with Gasteiger partial charge in [0.05, 0.1) is 26.4 Å². The lowest BCUT2D eigenvalue weighted by atomic mass is 9.78. The lowest BCUT2D eigenvalue weighted by Crippen LogP contribution is -2.46. The predicted octanol–water partition coefficient (Wildman–Crippen LogP) is 2.57. The molecule has 158 valence electrons. The van der Waals surface area contributed by atoms with Crippen molar-refractivity contribution in [2.24, 2.45) is 5.92 Å². The molecule has 2 amide bonds. The number of carbonyl (C=O) groups is 3. The minimum atomic E-state index is -0.0769. The van der Waals surface area contributed by atoms with Crippen LogP contribution in [-0.2, 0) is 23.9 Å². The summed E-state index contributed by atoms with van der Waals surface area (Å²) in [6.45, 7) is 13.2. The Hall–Kier alpha value is -1.47. The lowest BCUT2D eigenvalue weighted by Gasteiger charge is -2.34. The molecule has 0 atom stereocenters. The normalized spacial score (nSPS) is 17.5. The van der Waals surface area contributed by atoms with Gasteiger partial charge >= 0.3 is 0 Å². The Kier molecular flexibility index (Phi) is 18.9. The molecular weight excluding hydrogens is 336 g/mol. The third kappa shape index (κ3) is 14.8. The minimum Gasteiger partial charge on any atom is -0.379 e. The van der Waals surface area contributed by atoms with E-state index in [0.29, 0.717) is 39.4 Å². The van der Waals surface area contributed by atoms with Crippen molar-refractivity contribution in [2.45, 2.75) is 66.8 Å². The molecule has 2 N–H and O–H groups in total. The Bertz CT molecular complexity index is 393. The van der Waals surface area contributed by atoms with E-state index in [-0.39, 0.29) is 32.4 Å². The molecule has 0 spiro atoms. The van der Waals surface area contributed by atoms with Crippen LogP contribution in [0.2, 0.25) is 0 Å². The van der Waals surface area contributed by atoms with Crippen molar-refractivity contribution in [3.05, 3.63) is 0 Å². The smallest absolute Gasteiger partial charge is 0.222 e. The fourth-order valence-electron chi connectivity index (χ4n) is 2.15. The highest BCUT2D eigenvalue weighted by molar-refractivity contribution is 5.80. The largest absolute Gasteiger partial charge is 0.379 e. The van der Waals surface area contributed by atoms with Crippen LogP contribution >= 0.6 is 0 Å². The van der Waals surface area contributed by atoms with Gasteiger partial charge in [0.1, 0.15) is 5.78 Å². The summed E-state index contributed by atoms with van der Waals surface area (Å²) in [4.78, 5) is 33.3. The second kappa shape index (κ2) is 18.3. The summed E-state index contributed by atoms with van der Waals surface area (Å²) in [5, 5.41) is 5.51. The van der Waals surface area contributed by atoms with E-state index in [1.54, 1.807) is 6.92 Å². The molecule has 7 nitrogen and oxygen atoms in total. The van der Waals surface area contributed by atoms with Crippen LogP contribution in [0.4, 0.5) is 0 Å². The molecule has 0 radical (unpaired) electrons. The summed E-state index contributed by atoms with van der Waals surface area (Å²) >= 11 is 0. The van der Waals surface area contributed by atoms with Crippen LogP contribution in [0.15, 0.2) is 0 Å². The van der Waals surface area contributed by atoms with Crippen molar-refractivity contribution >= 4 is 17.6 Å². The van der Waals surface area contributed by atoms with Crippen molar-refractivity contribution in [1.29, 1.82) is 0 Å². The van der Waals surface area contributed by atoms with Crippen LogP contribution in [0.3, 0.4) is 0 Å². The van der Waals surface area contributed by atoms with Crippen LogP contribution < -0.4 is 10.6 Å². The Labute approximate surface area is 161 Å². The maximum atomic E-state index is 11.6.